The van der Waals surface area contributed by atoms with Crippen molar-refractivity contribution in [3.63, 3.8) is 0 Å². The maximum absolute atomic E-state index is 11.4. The summed E-state index contributed by atoms with van der Waals surface area (Å²) in [7, 11) is 0. The second kappa shape index (κ2) is 4.16. The second-order valence-corrected chi connectivity index (χ2v) is 3.00. The standard InChI is InChI=1S/C10H12O5/c1-4-14-10(13)7-5(2)8(9(11)12)15-6(7)3/h4H2,1-3H3,(H,11,12)/p-1. The smallest absolute Gasteiger partial charge is 0.341 e. The number of carboxylic acid groups (broad SMARTS) is 1. The van der Waals surface area contributed by atoms with E-state index in [1.807, 2.05) is 0 Å². The summed E-state index contributed by atoms with van der Waals surface area (Å²) in [6.07, 6.45) is 0. The van der Waals surface area contributed by atoms with Gasteiger partial charge in [-0.25, -0.2) is 4.79 Å². The summed E-state index contributed by atoms with van der Waals surface area (Å²) in [4.78, 5) is 22.0. The summed E-state index contributed by atoms with van der Waals surface area (Å²) in [5.74, 6) is -2.12. The van der Waals surface area contributed by atoms with E-state index in [-0.39, 0.29) is 29.3 Å². The molecule has 0 spiro atoms. The molecule has 0 saturated carbocycles. The number of furan rings is 1. The molecule has 0 bridgehead atoms. The van der Waals surface area contributed by atoms with E-state index in [2.05, 4.69) is 0 Å². The van der Waals surface area contributed by atoms with E-state index in [9.17, 15) is 14.7 Å². The van der Waals surface area contributed by atoms with Crippen LogP contribution in [0.1, 0.15) is 39.2 Å². The zero-order valence-electron chi connectivity index (χ0n) is 8.75. The summed E-state index contributed by atoms with van der Waals surface area (Å²) >= 11 is 0. The second-order valence-electron chi connectivity index (χ2n) is 3.00. The lowest BCUT2D eigenvalue weighted by molar-refractivity contribution is -0.257. The van der Waals surface area contributed by atoms with Crippen molar-refractivity contribution >= 4 is 11.9 Å². The van der Waals surface area contributed by atoms with Crippen molar-refractivity contribution in [1.82, 2.24) is 0 Å². The minimum atomic E-state index is -1.44. The number of esters is 1. The molecule has 0 N–H and O–H groups in total. The average Bonchev–Trinajstić information content (AvgIpc) is 2.42. The maximum atomic E-state index is 11.4. The van der Waals surface area contributed by atoms with Gasteiger partial charge in [-0.2, -0.15) is 0 Å². The van der Waals surface area contributed by atoms with Crippen LogP contribution in [0.5, 0.6) is 0 Å². The number of hydrogen-bond donors (Lipinski definition) is 0. The molecule has 0 unspecified atom stereocenters. The molecule has 0 aliphatic heterocycles. The number of carbonyl (C=O) groups excluding carboxylic acids is 2. The maximum Gasteiger partial charge on any atom is 0.341 e. The number of aryl methyl sites for hydroxylation is 1. The lowest BCUT2D eigenvalue weighted by atomic mass is 10.1. The first-order chi connectivity index (χ1) is 6.99. The molecule has 1 aromatic rings. The number of carboxylic acids is 1. The van der Waals surface area contributed by atoms with Crippen LogP contribution in [0, 0.1) is 13.8 Å². The van der Waals surface area contributed by atoms with E-state index in [0.29, 0.717) is 0 Å². The van der Waals surface area contributed by atoms with E-state index in [1.165, 1.54) is 13.8 Å². The highest BCUT2D eigenvalue weighted by Crippen LogP contribution is 2.21. The van der Waals surface area contributed by atoms with Gasteiger partial charge in [0.05, 0.1) is 6.61 Å². The Morgan fingerprint density at radius 1 is 1.40 bits per heavy atom. The van der Waals surface area contributed by atoms with Crippen molar-refractivity contribution in [3.8, 4) is 0 Å². The van der Waals surface area contributed by atoms with E-state index < -0.39 is 11.9 Å². The molecule has 0 aromatic carbocycles. The Hall–Kier alpha value is -1.78. The third kappa shape index (κ3) is 2.01. The van der Waals surface area contributed by atoms with Gasteiger partial charge in [-0.3, -0.25) is 0 Å². The van der Waals surface area contributed by atoms with Crippen molar-refractivity contribution in [1.29, 1.82) is 0 Å². The molecule has 0 fully saturated rings. The SMILES string of the molecule is CCOC(=O)c1c(C)oc(C(=O)[O-])c1C. The largest absolute Gasteiger partial charge is 0.542 e. The molecule has 5 nitrogen and oxygen atoms in total. The van der Waals surface area contributed by atoms with Crippen LogP contribution in [0.25, 0.3) is 0 Å². The van der Waals surface area contributed by atoms with Crippen LogP contribution >= 0.6 is 0 Å². The highest BCUT2D eigenvalue weighted by atomic mass is 16.5. The van der Waals surface area contributed by atoms with E-state index in [1.54, 1.807) is 6.92 Å². The van der Waals surface area contributed by atoms with Crippen LogP contribution in [0.4, 0.5) is 0 Å². The van der Waals surface area contributed by atoms with Gasteiger partial charge >= 0.3 is 5.97 Å². The number of aromatic carboxylic acids is 1. The van der Waals surface area contributed by atoms with Crippen LogP contribution < -0.4 is 5.11 Å². The summed E-state index contributed by atoms with van der Waals surface area (Å²) in [5.41, 5.74) is 0.405. The zero-order valence-corrected chi connectivity index (χ0v) is 8.75. The zero-order chi connectivity index (χ0) is 11.6. The molecule has 0 aliphatic rings. The van der Waals surface area contributed by atoms with Crippen molar-refractivity contribution in [2.75, 3.05) is 6.61 Å². The summed E-state index contributed by atoms with van der Waals surface area (Å²) < 4.78 is 9.68. The number of ether oxygens (including phenoxy) is 1. The van der Waals surface area contributed by atoms with Gasteiger partial charge in [0.1, 0.15) is 17.3 Å². The van der Waals surface area contributed by atoms with Crippen molar-refractivity contribution in [2.45, 2.75) is 20.8 Å². The van der Waals surface area contributed by atoms with Crippen molar-refractivity contribution in [2.24, 2.45) is 0 Å². The lowest BCUT2D eigenvalue weighted by Crippen LogP contribution is -2.22. The summed E-state index contributed by atoms with van der Waals surface area (Å²) in [6, 6.07) is 0. The monoisotopic (exact) mass is 211 g/mol. The third-order valence-electron chi connectivity index (χ3n) is 1.99. The Morgan fingerprint density at radius 2 is 2.00 bits per heavy atom. The van der Waals surface area contributed by atoms with Crippen LogP contribution in [-0.4, -0.2) is 18.5 Å². The van der Waals surface area contributed by atoms with Gasteiger partial charge in [-0.15, -0.1) is 0 Å². The molecule has 0 radical (unpaired) electrons. The van der Waals surface area contributed by atoms with Gasteiger partial charge < -0.3 is 19.1 Å². The molecule has 15 heavy (non-hydrogen) atoms. The Balaban J connectivity index is 3.19. The average molecular weight is 211 g/mol. The first-order valence-electron chi connectivity index (χ1n) is 4.47. The van der Waals surface area contributed by atoms with Gasteiger partial charge in [0.2, 0.25) is 0 Å². The fourth-order valence-corrected chi connectivity index (χ4v) is 1.35. The fraction of sp³-hybridized carbons (Fsp3) is 0.400. The Kier molecular flexibility index (Phi) is 3.14. The summed E-state index contributed by atoms with van der Waals surface area (Å²) in [5, 5.41) is 10.6. The van der Waals surface area contributed by atoms with Crippen LogP contribution in [0.2, 0.25) is 0 Å². The Labute approximate surface area is 86.6 Å². The molecule has 1 rings (SSSR count). The predicted octanol–water partition coefficient (Wildman–Crippen LogP) is 0.437. The number of carbonyl (C=O) groups is 2. The van der Waals surface area contributed by atoms with Crippen LogP contribution in [-0.2, 0) is 4.74 Å². The van der Waals surface area contributed by atoms with Gasteiger partial charge in [0.15, 0.2) is 5.76 Å². The van der Waals surface area contributed by atoms with E-state index in [4.69, 9.17) is 9.15 Å². The lowest BCUT2D eigenvalue weighted by Gasteiger charge is -2.01. The first-order valence-corrected chi connectivity index (χ1v) is 4.47. The minimum Gasteiger partial charge on any atom is -0.542 e. The Morgan fingerprint density at radius 3 is 2.40 bits per heavy atom. The van der Waals surface area contributed by atoms with Crippen LogP contribution in [0.3, 0.4) is 0 Å². The number of rotatable bonds is 3. The van der Waals surface area contributed by atoms with Crippen molar-refractivity contribution in [3.05, 3.63) is 22.6 Å². The predicted molar refractivity (Wildman–Crippen MR) is 48.5 cm³/mol. The van der Waals surface area contributed by atoms with Crippen molar-refractivity contribution < 1.29 is 23.8 Å². The first kappa shape index (κ1) is 11.3. The quantitative estimate of drug-likeness (QED) is 0.677. The van der Waals surface area contributed by atoms with E-state index in [0.717, 1.165) is 0 Å². The molecule has 0 atom stereocenters. The molecule has 82 valence electrons. The van der Waals surface area contributed by atoms with Gasteiger partial charge in [0, 0.05) is 5.56 Å². The van der Waals surface area contributed by atoms with Gasteiger partial charge in [0.25, 0.3) is 0 Å². The molecule has 1 heterocycles. The third-order valence-corrected chi connectivity index (χ3v) is 1.99. The Bertz CT molecular complexity index is 402. The minimum absolute atomic E-state index is 0.163. The van der Waals surface area contributed by atoms with Gasteiger partial charge in [-0.05, 0) is 20.8 Å². The molecule has 1 aromatic heterocycles. The van der Waals surface area contributed by atoms with Gasteiger partial charge in [-0.1, -0.05) is 0 Å². The number of hydrogen-bond acceptors (Lipinski definition) is 5. The highest BCUT2D eigenvalue weighted by Gasteiger charge is 2.21. The topological polar surface area (TPSA) is 79.6 Å². The molecule has 5 heteroatoms. The molecule has 0 saturated heterocycles. The molecular formula is C10H11O5-. The summed E-state index contributed by atoms with van der Waals surface area (Å²) in [6.45, 7) is 4.88. The van der Waals surface area contributed by atoms with Crippen LogP contribution in [0.15, 0.2) is 4.42 Å². The normalized spacial score (nSPS) is 10.1. The molecular weight excluding hydrogens is 200 g/mol. The van der Waals surface area contributed by atoms with E-state index >= 15 is 0 Å². The molecule has 0 aliphatic carbocycles. The fourth-order valence-electron chi connectivity index (χ4n) is 1.35. The highest BCUT2D eigenvalue weighted by molar-refractivity contribution is 5.96. The molecule has 0 amide bonds.